The minimum Gasteiger partial charge on any atom is -0.508 e. The van der Waals surface area contributed by atoms with Crippen LogP contribution in [0.1, 0.15) is 0 Å². The normalized spacial score (nSPS) is 10.9. The monoisotopic (exact) mass is 287 g/mol. The van der Waals surface area contributed by atoms with E-state index in [0.29, 0.717) is 0 Å². The molecule has 0 aliphatic heterocycles. The van der Waals surface area contributed by atoms with Crippen LogP contribution < -0.4 is 0 Å². The maximum atomic E-state index is 9.70. The third-order valence-corrected chi connectivity index (χ3v) is 3.67. The number of nitrogens with zero attached hydrogens (tertiary/aromatic N) is 3. The topological polar surface area (TPSA) is 50.4 Å². The van der Waals surface area contributed by atoms with Crippen LogP contribution >= 0.6 is 0 Å². The summed E-state index contributed by atoms with van der Waals surface area (Å²) in [6.45, 7) is 0. The molecule has 1 aromatic carbocycles. The molecule has 0 saturated heterocycles. The molecule has 4 aromatic rings. The lowest BCUT2D eigenvalue weighted by atomic mass is 10.0. The van der Waals surface area contributed by atoms with Crippen molar-refractivity contribution in [2.75, 3.05) is 0 Å². The van der Waals surface area contributed by atoms with Gasteiger partial charge in [0.05, 0.1) is 18.0 Å². The zero-order valence-electron chi connectivity index (χ0n) is 11.7. The molecule has 4 rings (SSSR count). The average molecular weight is 287 g/mol. The Morgan fingerprint density at radius 3 is 2.59 bits per heavy atom. The molecule has 0 saturated carbocycles. The zero-order chi connectivity index (χ0) is 14.9. The van der Waals surface area contributed by atoms with Crippen LogP contribution in [0.4, 0.5) is 0 Å². The van der Waals surface area contributed by atoms with Crippen molar-refractivity contribution in [1.29, 1.82) is 0 Å². The van der Waals surface area contributed by atoms with E-state index >= 15 is 0 Å². The minimum atomic E-state index is 0.256. The molecule has 0 unspecified atom stereocenters. The smallest absolute Gasteiger partial charge is 0.116 e. The van der Waals surface area contributed by atoms with Crippen molar-refractivity contribution in [1.82, 2.24) is 14.4 Å². The van der Waals surface area contributed by atoms with Crippen LogP contribution in [0.25, 0.3) is 27.8 Å². The summed E-state index contributed by atoms with van der Waals surface area (Å²) in [6, 6.07) is 13.3. The number of fused-ring (bicyclic) bond motifs is 1. The maximum absolute atomic E-state index is 9.70. The highest BCUT2D eigenvalue weighted by atomic mass is 16.3. The summed E-state index contributed by atoms with van der Waals surface area (Å²) >= 11 is 0. The Morgan fingerprint density at radius 1 is 0.864 bits per heavy atom. The number of aromatic hydroxyl groups is 1. The van der Waals surface area contributed by atoms with E-state index in [1.54, 1.807) is 24.7 Å². The standard InChI is InChI=1S/C18H13N3O/c22-16-5-1-3-13(7-16)15-8-17(14-4-2-6-19-9-14)18-10-20-12-21(18)11-15/h1-12,22H. The Bertz CT molecular complexity index is 945. The highest BCUT2D eigenvalue weighted by Crippen LogP contribution is 2.30. The van der Waals surface area contributed by atoms with Gasteiger partial charge in [0.1, 0.15) is 5.75 Å². The third-order valence-electron chi connectivity index (χ3n) is 3.67. The molecular formula is C18H13N3O. The highest BCUT2D eigenvalue weighted by Gasteiger charge is 2.09. The number of pyridine rings is 2. The van der Waals surface area contributed by atoms with E-state index in [0.717, 1.165) is 27.8 Å². The summed E-state index contributed by atoms with van der Waals surface area (Å²) in [6.07, 6.45) is 9.23. The molecule has 1 N–H and O–H groups in total. The summed E-state index contributed by atoms with van der Waals surface area (Å²) in [5.74, 6) is 0.256. The predicted octanol–water partition coefficient (Wildman–Crippen LogP) is 3.77. The van der Waals surface area contributed by atoms with Gasteiger partial charge in [-0.1, -0.05) is 18.2 Å². The SMILES string of the molecule is Oc1cccc(-c2cc(-c3cccnc3)c3cncn3c2)c1. The second-order valence-electron chi connectivity index (χ2n) is 5.12. The fourth-order valence-electron chi connectivity index (χ4n) is 2.63. The maximum Gasteiger partial charge on any atom is 0.116 e. The lowest BCUT2D eigenvalue weighted by Gasteiger charge is -2.09. The van der Waals surface area contributed by atoms with Gasteiger partial charge in [0.2, 0.25) is 0 Å². The van der Waals surface area contributed by atoms with Crippen LogP contribution in [-0.2, 0) is 0 Å². The quantitative estimate of drug-likeness (QED) is 0.610. The summed E-state index contributed by atoms with van der Waals surface area (Å²) in [5.41, 5.74) is 5.10. The lowest BCUT2D eigenvalue weighted by Crippen LogP contribution is -1.90. The molecule has 0 fully saturated rings. The van der Waals surface area contributed by atoms with Gasteiger partial charge < -0.3 is 9.51 Å². The second-order valence-corrected chi connectivity index (χ2v) is 5.12. The molecule has 22 heavy (non-hydrogen) atoms. The predicted molar refractivity (Wildman–Crippen MR) is 85.5 cm³/mol. The molecular weight excluding hydrogens is 274 g/mol. The van der Waals surface area contributed by atoms with Gasteiger partial charge in [-0.3, -0.25) is 4.98 Å². The Labute approximate surface area is 127 Å². The van der Waals surface area contributed by atoms with Crippen LogP contribution in [0.3, 0.4) is 0 Å². The van der Waals surface area contributed by atoms with Crippen molar-refractivity contribution in [3.63, 3.8) is 0 Å². The van der Waals surface area contributed by atoms with E-state index in [-0.39, 0.29) is 5.75 Å². The van der Waals surface area contributed by atoms with Gasteiger partial charge in [-0.15, -0.1) is 0 Å². The fourth-order valence-corrected chi connectivity index (χ4v) is 2.63. The first-order valence-electron chi connectivity index (χ1n) is 6.97. The van der Waals surface area contributed by atoms with E-state index in [4.69, 9.17) is 0 Å². The van der Waals surface area contributed by atoms with E-state index < -0.39 is 0 Å². The van der Waals surface area contributed by atoms with Gasteiger partial charge in [-0.05, 0) is 35.4 Å². The van der Waals surface area contributed by atoms with Crippen molar-refractivity contribution < 1.29 is 5.11 Å². The Balaban J connectivity index is 1.98. The number of imidazole rings is 1. The average Bonchev–Trinajstić information content (AvgIpc) is 3.03. The van der Waals surface area contributed by atoms with Crippen molar-refractivity contribution in [2.24, 2.45) is 0 Å². The number of phenolic OH excluding ortho intramolecular Hbond substituents is 1. The van der Waals surface area contributed by atoms with Gasteiger partial charge in [-0.25, -0.2) is 4.98 Å². The van der Waals surface area contributed by atoms with Gasteiger partial charge >= 0.3 is 0 Å². The molecule has 106 valence electrons. The first kappa shape index (κ1) is 12.6. The fraction of sp³-hybridized carbons (Fsp3) is 0. The number of benzene rings is 1. The molecule has 3 heterocycles. The molecule has 0 aliphatic carbocycles. The Hall–Kier alpha value is -3.14. The number of rotatable bonds is 2. The van der Waals surface area contributed by atoms with Crippen LogP contribution in [0.5, 0.6) is 5.75 Å². The van der Waals surface area contributed by atoms with Crippen LogP contribution in [0.15, 0.2) is 73.6 Å². The summed E-state index contributed by atoms with van der Waals surface area (Å²) in [4.78, 5) is 8.43. The molecule has 0 amide bonds. The summed E-state index contributed by atoms with van der Waals surface area (Å²) in [7, 11) is 0. The minimum absolute atomic E-state index is 0.256. The number of hydrogen-bond acceptors (Lipinski definition) is 3. The summed E-state index contributed by atoms with van der Waals surface area (Å²) in [5, 5.41) is 9.70. The molecule has 4 nitrogen and oxygen atoms in total. The van der Waals surface area contributed by atoms with Crippen LogP contribution in [0.2, 0.25) is 0 Å². The number of aromatic nitrogens is 3. The molecule has 0 atom stereocenters. The highest BCUT2D eigenvalue weighted by molar-refractivity contribution is 5.84. The van der Waals surface area contributed by atoms with Gasteiger partial charge in [0.25, 0.3) is 0 Å². The number of hydrogen-bond donors (Lipinski definition) is 1. The van der Waals surface area contributed by atoms with E-state index in [9.17, 15) is 5.11 Å². The lowest BCUT2D eigenvalue weighted by molar-refractivity contribution is 0.475. The van der Waals surface area contributed by atoms with E-state index in [2.05, 4.69) is 16.0 Å². The van der Waals surface area contributed by atoms with Crippen LogP contribution in [-0.4, -0.2) is 19.5 Å². The molecule has 4 heteroatoms. The number of phenols is 1. The first-order valence-corrected chi connectivity index (χ1v) is 6.97. The van der Waals surface area contributed by atoms with Gasteiger partial charge in [-0.2, -0.15) is 0 Å². The van der Waals surface area contributed by atoms with E-state index in [1.807, 2.05) is 47.3 Å². The van der Waals surface area contributed by atoms with Crippen molar-refractivity contribution in [3.05, 3.63) is 73.6 Å². The van der Waals surface area contributed by atoms with Crippen molar-refractivity contribution >= 4 is 5.52 Å². The molecule has 0 bridgehead atoms. The summed E-state index contributed by atoms with van der Waals surface area (Å²) < 4.78 is 1.99. The van der Waals surface area contributed by atoms with E-state index in [1.165, 1.54) is 0 Å². The van der Waals surface area contributed by atoms with Crippen molar-refractivity contribution in [3.8, 4) is 28.0 Å². The zero-order valence-corrected chi connectivity index (χ0v) is 11.7. The second kappa shape index (κ2) is 5.00. The third kappa shape index (κ3) is 2.11. The molecule has 0 spiro atoms. The molecule has 0 aliphatic rings. The Kier molecular flexibility index (Phi) is 2.86. The first-order chi connectivity index (χ1) is 10.8. The molecule has 3 aromatic heterocycles. The Morgan fingerprint density at radius 2 is 1.77 bits per heavy atom. The van der Waals surface area contributed by atoms with Gasteiger partial charge in [0, 0.05) is 29.7 Å². The largest absolute Gasteiger partial charge is 0.508 e. The van der Waals surface area contributed by atoms with Crippen LogP contribution in [0, 0.1) is 0 Å². The van der Waals surface area contributed by atoms with Gasteiger partial charge in [0.15, 0.2) is 0 Å². The van der Waals surface area contributed by atoms with Crippen molar-refractivity contribution in [2.45, 2.75) is 0 Å². The molecule has 0 radical (unpaired) electrons.